The largest absolute Gasteiger partial charge is 0.456 e. The molecule has 11 aromatic carbocycles. The van der Waals surface area contributed by atoms with Gasteiger partial charge in [-0.15, -0.1) is 0 Å². The highest BCUT2D eigenvalue weighted by Crippen LogP contribution is 2.47. The van der Waals surface area contributed by atoms with E-state index in [9.17, 15) is 0 Å². The number of fused-ring (bicyclic) bond motifs is 7. The Morgan fingerprint density at radius 3 is 1.56 bits per heavy atom. The highest BCUT2D eigenvalue weighted by molar-refractivity contribution is 6.22. The average Bonchev–Trinajstić information content (AvgIpc) is 3.74. The van der Waals surface area contributed by atoms with Crippen molar-refractivity contribution in [1.29, 1.82) is 0 Å². The first-order chi connectivity index (χ1) is 30.7. The van der Waals surface area contributed by atoms with Gasteiger partial charge >= 0.3 is 0 Å². The van der Waals surface area contributed by atoms with Gasteiger partial charge in [0, 0.05) is 16.8 Å². The summed E-state index contributed by atoms with van der Waals surface area (Å²) in [5, 5.41) is 9.53. The van der Waals surface area contributed by atoms with Gasteiger partial charge in [-0.25, -0.2) is 0 Å². The Labute approximate surface area is 360 Å². The molecule has 0 radical (unpaired) electrons. The molecule has 0 aliphatic rings. The van der Waals surface area contributed by atoms with E-state index >= 15 is 0 Å². The molecule has 0 saturated heterocycles. The van der Waals surface area contributed by atoms with Crippen molar-refractivity contribution in [2.24, 2.45) is 0 Å². The van der Waals surface area contributed by atoms with Crippen LogP contribution in [0.4, 0.5) is 17.1 Å². The van der Waals surface area contributed by atoms with E-state index in [0.717, 1.165) is 50.1 Å². The molecule has 0 aliphatic carbocycles. The lowest BCUT2D eigenvalue weighted by Gasteiger charge is -2.27. The smallest absolute Gasteiger partial charge is 0.137 e. The van der Waals surface area contributed by atoms with Crippen LogP contribution >= 0.6 is 0 Å². The molecule has 290 valence electrons. The van der Waals surface area contributed by atoms with Crippen LogP contribution in [-0.2, 0) is 0 Å². The lowest BCUT2D eigenvalue weighted by molar-refractivity contribution is 0.669. The maximum Gasteiger partial charge on any atom is 0.137 e. The summed E-state index contributed by atoms with van der Waals surface area (Å²) < 4.78 is 6.47. The Bertz CT molecular complexity index is 3630. The number of hydrogen-bond acceptors (Lipinski definition) is 2. The molecule has 62 heavy (non-hydrogen) atoms. The average molecular weight is 790 g/mol. The van der Waals surface area contributed by atoms with Crippen molar-refractivity contribution in [2.45, 2.75) is 0 Å². The summed E-state index contributed by atoms with van der Waals surface area (Å²) in [5.74, 6) is 0. The first-order valence-corrected chi connectivity index (χ1v) is 21.2. The van der Waals surface area contributed by atoms with Crippen LogP contribution in [0, 0.1) is 0 Å². The van der Waals surface area contributed by atoms with E-state index in [2.05, 4.69) is 235 Å². The van der Waals surface area contributed by atoms with Gasteiger partial charge in [-0.2, -0.15) is 0 Å². The maximum absolute atomic E-state index is 6.47. The molecule has 12 rings (SSSR count). The van der Waals surface area contributed by atoms with Crippen LogP contribution in [0.3, 0.4) is 0 Å². The summed E-state index contributed by atoms with van der Waals surface area (Å²) in [6.07, 6.45) is 0. The van der Waals surface area contributed by atoms with Crippen molar-refractivity contribution in [2.75, 3.05) is 4.90 Å². The third-order valence-electron chi connectivity index (χ3n) is 12.4. The molecular weight excluding hydrogens is 751 g/mol. The molecule has 1 heterocycles. The van der Waals surface area contributed by atoms with Gasteiger partial charge in [-0.3, -0.25) is 0 Å². The lowest BCUT2D eigenvalue weighted by Crippen LogP contribution is -2.10. The number of benzene rings is 11. The minimum absolute atomic E-state index is 0.863. The zero-order valence-corrected chi connectivity index (χ0v) is 33.9. The van der Waals surface area contributed by atoms with E-state index < -0.39 is 0 Å². The van der Waals surface area contributed by atoms with Crippen molar-refractivity contribution in [3.63, 3.8) is 0 Å². The number of anilines is 3. The van der Waals surface area contributed by atoms with Crippen molar-refractivity contribution in [1.82, 2.24) is 0 Å². The second kappa shape index (κ2) is 14.8. The van der Waals surface area contributed by atoms with Gasteiger partial charge in [0.1, 0.15) is 11.2 Å². The minimum atomic E-state index is 0.863. The molecule has 0 bridgehead atoms. The highest BCUT2D eigenvalue weighted by atomic mass is 16.3. The summed E-state index contributed by atoms with van der Waals surface area (Å²) in [6, 6.07) is 85.5. The highest BCUT2D eigenvalue weighted by Gasteiger charge is 2.22. The number of rotatable bonds is 7. The fraction of sp³-hybridized carbons (Fsp3) is 0. The molecule has 2 nitrogen and oxygen atoms in total. The Morgan fingerprint density at radius 1 is 0.274 bits per heavy atom. The minimum Gasteiger partial charge on any atom is -0.456 e. The number of nitrogens with zero attached hydrogens (tertiary/aromatic N) is 1. The molecule has 0 fully saturated rings. The Kier molecular flexibility index (Phi) is 8.53. The van der Waals surface area contributed by atoms with Crippen molar-refractivity contribution in [3.8, 4) is 44.5 Å². The predicted octanol–water partition coefficient (Wildman–Crippen LogP) is 17.2. The van der Waals surface area contributed by atoms with Gasteiger partial charge in [0.25, 0.3) is 0 Å². The fourth-order valence-electron chi connectivity index (χ4n) is 9.56. The van der Waals surface area contributed by atoms with Crippen LogP contribution in [0.25, 0.3) is 98.8 Å². The Balaban J connectivity index is 1.07. The predicted molar refractivity (Wildman–Crippen MR) is 263 cm³/mol. The fourth-order valence-corrected chi connectivity index (χ4v) is 9.56. The monoisotopic (exact) mass is 789 g/mol. The van der Waals surface area contributed by atoms with Crippen molar-refractivity contribution >= 4 is 71.3 Å². The van der Waals surface area contributed by atoms with E-state index in [1.165, 1.54) is 65.7 Å². The van der Waals surface area contributed by atoms with E-state index in [4.69, 9.17) is 4.42 Å². The van der Waals surface area contributed by atoms with E-state index in [1.54, 1.807) is 0 Å². The summed E-state index contributed by atoms with van der Waals surface area (Å²) in [7, 11) is 0. The third-order valence-corrected chi connectivity index (χ3v) is 12.4. The molecule has 0 aliphatic heterocycles. The van der Waals surface area contributed by atoms with Crippen LogP contribution in [0.2, 0.25) is 0 Å². The summed E-state index contributed by atoms with van der Waals surface area (Å²) in [4.78, 5) is 2.40. The molecule has 2 heteroatoms. The van der Waals surface area contributed by atoms with Crippen LogP contribution in [-0.4, -0.2) is 0 Å². The van der Waals surface area contributed by atoms with Crippen LogP contribution in [0.1, 0.15) is 0 Å². The summed E-state index contributed by atoms with van der Waals surface area (Å²) in [5.41, 5.74) is 14.6. The quantitative estimate of drug-likeness (QED) is 0.150. The van der Waals surface area contributed by atoms with Gasteiger partial charge in [0.2, 0.25) is 0 Å². The molecular formula is C60H39NO. The number of furan rings is 1. The van der Waals surface area contributed by atoms with Crippen LogP contribution in [0.15, 0.2) is 241 Å². The van der Waals surface area contributed by atoms with Gasteiger partial charge in [0.05, 0.1) is 11.1 Å². The summed E-state index contributed by atoms with van der Waals surface area (Å²) >= 11 is 0. The topological polar surface area (TPSA) is 16.4 Å². The third kappa shape index (κ3) is 6.04. The molecule has 12 aromatic rings. The Morgan fingerprint density at radius 2 is 0.790 bits per heavy atom. The van der Waals surface area contributed by atoms with E-state index in [-0.39, 0.29) is 0 Å². The second-order valence-electron chi connectivity index (χ2n) is 16.0. The second-order valence-corrected chi connectivity index (χ2v) is 16.0. The van der Waals surface area contributed by atoms with Crippen LogP contribution in [0.5, 0.6) is 0 Å². The molecule has 0 spiro atoms. The van der Waals surface area contributed by atoms with Gasteiger partial charge in [-0.05, 0) is 131 Å². The molecule has 0 amide bonds. The van der Waals surface area contributed by atoms with Crippen molar-refractivity contribution in [3.05, 3.63) is 237 Å². The lowest BCUT2D eigenvalue weighted by atomic mass is 9.84. The van der Waals surface area contributed by atoms with E-state index in [0.29, 0.717) is 0 Å². The number of para-hydroxylation sites is 1. The first-order valence-electron chi connectivity index (χ1n) is 21.2. The normalized spacial score (nSPS) is 11.5. The first kappa shape index (κ1) is 35.7. The maximum atomic E-state index is 6.47. The summed E-state index contributed by atoms with van der Waals surface area (Å²) in [6.45, 7) is 0. The Hall–Kier alpha value is -8.20. The SMILES string of the molecule is c1ccc(-c2ccc3cc(N(c4cccc(-c5ccc6c(c5)c(-c5ccccc5)c(-c5ccccc5)c5ccccc56)c4)c4cccc5oc6ccccc6c45)ccc3c2)cc1. The zero-order valence-electron chi connectivity index (χ0n) is 33.9. The van der Waals surface area contributed by atoms with Gasteiger partial charge in [0.15, 0.2) is 0 Å². The molecule has 0 atom stereocenters. The van der Waals surface area contributed by atoms with E-state index in [1.807, 2.05) is 6.07 Å². The van der Waals surface area contributed by atoms with Gasteiger partial charge < -0.3 is 9.32 Å². The standard InChI is InChI=1S/C60H39NO/c1-4-16-40(17-5-1)44-30-31-46-38-49(34-32-45(46)36-44)61(55-27-15-29-57-60(55)53-26-12-13-28-56(53)62-57)48-23-14-22-43(37-48)47-33-35-51-50-24-10-11-25-52(50)58(41-18-6-2-7-19-41)59(54(51)39-47)42-20-8-3-9-21-42/h1-39H. The van der Waals surface area contributed by atoms with Crippen molar-refractivity contribution < 1.29 is 4.42 Å². The number of hydrogen-bond donors (Lipinski definition) is 0. The molecule has 0 unspecified atom stereocenters. The molecule has 0 N–H and O–H groups in total. The molecule has 0 saturated carbocycles. The zero-order chi connectivity index (χ0) is 41.0. The molecule has 1 aromatic heterocycles. The van der Waals surface area contributed by atoms with Gasteiger partial charge in [-0.1, -0.05) is 182 Å². The van der Waals surface area contributed by atoms with Crippen LogP contribution < -0.4 is 4.90 Å².